The minimum atomic E-state index is -3.88. The molecule has 154 valence electrons. The first-order valence-electron chi connectivity index (χ1n) is 8.97. The van der Waals surface area contributed by atoms with Crippen molar-refractivity contribution in [2.75, 3.05) is 26.7 Å². The van der Waals surface area contributed by atoms with E-state index in [1.54, 1.807) is 0 Å². The van der Waals surface area contributed by atoms with Crippen LogP contribution >= 0.6 is 12.4 Å². The Balaban J connectivity index is 0.00000225. The topological polar surface area (TPSA) is 89.4 Å². The van der Waals surface area contributed by atoms with Crippen LogP contribution in [-0.4, -0.2) is 54.2 Å². The van der Waals surface area contributed by atoms with Gasteiger partial charge in [0.1, 0.15) is 28.1 Å². The summed E-state index contributed by atoms with van der Waals surface area (Å²) in [4.78, 5) is -0.312. The number of ether oxygens (including phenoxy) is 1. The molecule has 1 fully saturated rings. The first kappa shape index (κ1) is 21.0. The molecule has 0 atom stereocenters. The van der Waals surface area contributed by atoms with E-state index in [9.17, 15) is 12.8 Å². The molecule has 11 heteroatoms. The zero-order chi connectivity index (χ0) is 19.0. The lowest BCUT2D eigenvalue weighted by Gasteiger charge is -2.31. The fourth-order valence-electron chi connectivity index (χ4n) is 3.73. The maximum atomic E-state index is 14.3. The Morgan fingerprint density at radius 3 is 2.64 bits per heavy atom. The van der Waals surface area contributed by atoms with Crippen molar-refractivity contribution in [2.24, 2.45) is 0 Å². The van der Waals surface area contributed by atoms with Crippen LogP contribution in [0.5, 0.6) is 5.75 Å². The highest BCUT2D eigenvalue weighted by Crippen LogP contribution is 2.31. The summed E-state index contributed by atoms with van der Waals surface area (Å²) >= 11 is 0. The third-order valence-electron chi connectivity index (χ3n) is 5.23. The van der Waals surface area contributed by atoms with Gasteiger partial charge in [-0.15, -0.1) is 22.6 Å². The maximum absolute atomic E-state index is 14.3. The number of halogens is 2. The molecule has 28 heavy (non-hydrogen) atoms. The van der Waals surface area contributed by atoms with Crippen LogP contribution in [0.4, 0.5) is 4.39 Å². The summed E-state index contributed by atoms with van der Waals surface area (Å²) in [5, 5.41) is 11.8. The fraction of sp³-hybridized carbons (Fsp3) is 0.529. The van der Waals surface area contributed by atoms with Crippen LogP contribution in [0, 0.1) is 5.82 Å². The lowest BCUT2D eigenvalue weighted by molar-refractivity contribution is 0.306. The lowest BCUT2D eigenvalue weighted by Crippen LogP contribution is -2.39. The molecule has 3 heterocycles. The number of nitrogens with zero attached hydrogens (tertiary/aromatic N) is 4. The third-order valence-corrected chi connectivity index (χ3v) is 7.16. The lowest BCUT2D eigenvalue weighted by atomic mass is 9.97. The van der Waals surface area contributed by atoms with Crippen molar-refractivity contribution >= 4 is 22.4 Å². The molecule has 1 aromatic carbocycles. The molecule has 4 rings (SSSR count). The minimum Gasteiger partial charge on any atom is -0.497 e. The van der Waals surface area contributed by atoms with Gasteiger partial charge in [0.2, 0.25) is 10.0 Å². The molecule has 2 aromatic rings. The van der Waals surface area contributed by atoms with Gasteiger partial charge in [0.05, 0.1) is 13.7 Å². The van der Waals surface area contributed by atoms with Gasteiger partial charge in [0.25, 0.3) is 0 Å². The quantitative estimate of drug-likeness (QED) is 0.789. The average molecular weight is 432 g/mol. The molecule has 0 aliphatic carbocycles. The number of aromatic nitrogens is 3. The first-order valence-corrected chi connectivity index (χ1v) is 10.4. The van der Waals surface area contributed by atoms with Crippen molar-refractivity contribution in [1.82, 2.24) is 24.4 Å². The van der Waals surface area contributed by atoms with Gasteiger partial charge >= 0.3 is 0 Å². The highest BCUT2D eigenvalue weighted by atomic mass is 35.5. The van der Waals surface area contributed by atoms with Crippen LogP contribution in [0.1, 0.15) is 30.4 Å². The zero-order valence-corrected chi connectivity index (χ0v) is 17.1. The van der Waals surface area contributed by atoms with E-state index in [2.05, 4.69) is 20.1 Å². The third kappa shape index (κ3) is 3.73. The molecule has 0 unspecified atom stereocenters. The van der Waals surface area contributed by atoms with Crippen molar-refractivity contribution in [2.45, 2.75) is 36.7 Å². The molecule has 1 N–H and O–H groups in total. The van der Waals surface area contributed by atoms with E-state index in [0.29, 0.717) is 32.5 Å². The van der Waals surface area contributed by atoms with Crippen LogP contribution in [0.3, 0.4) is 0 Å². The van der Waals surface area contributed by atoms with Crippen LogP contribution in [0.2, 0.25) is 0 Å². The number of hydrogen-bond donors (Lipinski definition) is 1. The van der Waals surface area contributed by atoms with Crippen LogP contribution in [-0.2, 0) is 23.1 Å². The number of methoxy groups -OCH3 is 1. The monoisotopic (exact) mass is 431 g/mol. The summed E-state index contributed by atoms with van der Waals surface area (Å²) in [7, 11) is -2.47. The minimum absolute atomic E-state index is 0. The van der Waals surface area contributed by atoms with E-state index in [4.69, 9.17) is 4.74 Å². The Morgan fingerprint density at radius 2 is 1.96 bits per heavy atom. The molecule has 1 aromatic heterocycles. The van der Waals surface area contributed by atoms with Gasteiger partial charge in [-0.3, -0.25) is 0 Å². The molecule has 2 aliphatic heterocycles. The van der Waals surface area contributed by atoms with E-state index < -0.39 is 15.8 Å². The Bertz CT molecular complexity index is 944. The summed E-state index contributed by atoms with van der Waals surface area (Å²) in [6.45, 7) is 3.07. The van der Waals surface area contributed by atoms with Crippen molar-refractivity contribution < 1.29 is 17.5 Å². The fourth-order valence-corrected chi connectivity index (χ4v) is 5.24. The van der Waals surface area contributed by atoms with E-state index in [-0.39, 0.29) is 29.0 Å². The van der Waals surface area contributed by atoms with Crippen molar-refractivity contribution in [3.8, 4) is 5.75 Å². The number of fused-ring (bicyclic) bond motifs is 1. The second kappa shape index (κ2) is 8.32. The molecular weight excluding hydrogens is 409 g/mol. The van der Waals surface area contributed by atoms with Crippen molar-refractivity contribution in [1.29, 1.82) is 0 Å². The Hall–Kier alpha value is -1.75. The first-order chi connectivity index (χ1) is 13.0. The number of nitrogens with one attached hydrogen (secondary N) is 1. The van der Waals surface area contributed by atoms with Gasteiger partial charge in [-0.2, -0.15) is 4.31 Å². The molecule has 0 amide bonds. The standard InChI is InChI=1S/C17H22FN5O3S.ClH/c1-26-13-2-3-15(14(18)10-13)27(24,25)22-7-4-12(5-8-22)17-21-20-16-11-19-6-9-23(16)17;/h2-3,10,12,19H,4-9,11H2,1H3;1H. The Kier molecular flexibility index (Phi) is 6.23. The number of piperidine rings is 1. The second-order valence-electron chi connectivity index (χ2n) is 6.78. The van der Waals surface area contributed by atoms with E-state index in [1.807, 2.05) is 0 Å². The largest absolute Gasteiger partial charge is 0.497 e. The van der Waals surface area contributed by atoms with Crippen LogP contribution in [0.15, 0.2) is 23.1 Å². The number of hydrogen-bond acceptors (Lipinski definition) is 6. The number of benzene rings is 1. The van der Waals surface area contributed by atoms with Gasteiger partial charge < -0.3 is 14.6 Å². The van der Waals surface area contributed by atoms with Crippen LogP contribution < -0.4 is 10.1 Å². The van der Waals surface area contributed by atoms with E-state index in [0.717, 1.165) is 30.8 Å². The van der Waals surface area contributed by atoms with Gasteiger partial charge in [0, 0.05) is 38.2 Å². The molecule has 0 radical (unpaired) electrons. The highest BCUT2D eigenvalue weighted by molar-refractivity contribution is 7.89. The number of sulfonamides is 1. The smallest absolute Gasteiger partial charge is 0.245 e. The molecule has 1 saturated heterocycles. The van der Waals surface area contributed by atoms with Gasteiger partial charge in [0.15, 0.2) is 0 Å². The summed E-state index contributed by atoms with van der Waals surface area (Å²) < 4.78 is 48.4. The van der Waals surface area contributed by atoms with Crippen molar-refractivity contribution in [3.05, 3.63) is 35.7 Å². The summed E-state index contributed by atoms with van der Waals surface area (Å²) in [5.74, 6) is 1.51. The Labute approximate surface area is 169 Å². The number of rotatable bonds is 4. The molecular formula is C17H23ClFN5O3S. The summed E-state index contributed by atoms with van der Waals surface area (Å²) in [6, 6.07) is 3.81. The van der Waals surface area contributed by atoms with Gasteiger partial charge in [-0.25, -0.2) is 12.8 Å². The predicted octanol–water partition coefficient (Wildman–Crippen LogP) is 1.52. The summed E-state index contributed by atoms with van der Waals surface area (Å²) in [6.07, 6.45) is 1.28. The average Bonchev–Trinajstić information content (AvgIpc) is 3.12. The normalized spacial score (nSPS) is 18.4. The second-order valence-corrected chi connectivity index (χ2v) is 8.68. The molecule has 0 spiro atoms. The maximum Gasteiger partial charge on any atom is 0.245 e. The molecule has 2 aliphatic rings. The zero-order valence-electron chi connectivity index (χ0n) is 15.5. The molecule has 0 bridgehead atoms. The van der Waals surface area contributed by atoms with E-state index in [1.165, 1.54) is 23.5 Å². The van der Waals surface area contributed by atoms with Gasteiger partial charge in [-0.05, 0) is 25.0 Å². The van der Waals surface area contributed by atoms with Gasteiger partial charge in [-0.1, -0.05) is 0 Å². The van der Waals surface area contributed by atoms with Crippen LogP contribution in [0.25, 0.3) is 0 Å². The molecule has 8 nitrogen and oxygen atoms in total. The Morgan fingerprint density at radius 1 is 1.21 bits per heavy atom. The van der Waals surface area contributed by atoms with Crippen molar-refractivity contribution in [3.63, 3.8) is 0 Å². The SMILES string of the molecule is COc1ccc(S(=O)(=O)N2CCC(c3nnc4n3CCNC4)CC2)c(F)c1.Cl. The highest BCUT2D eigenvalue weighted by Gasteiger charge is 2.34. The molecule has 0 saturated carbocycles. The predicted molar refractivity (Wildman–Crippen MR) is 103 cm³/mol. The summed E-state index contributed by atoms with van der Waals surface area (Å²) in [5.41, 5.74) is 0. The van der Waals surface area contributed by atoms with E-state index >= 15 is 0 Å².